The van der Waals surface area contributed by atoms with Crippen LogP contribution in [0.2, 0.25) is 5.02 Å². The van der Waals surface area contributed by atoms with Crippen LogP contribution in [-0.4, -0.2) is 67.2 Å². The molecule has 0 radical (unpaired) electrons. The van der Waals surface area contributed by atoms with Crippen molar-refractivity contribution in [1.29, 1.82) is 0 Å². The van der Waals surface area contributed by atoms with Crippen LogP contribution in [0, 0.1) is 5.82 Å². The maximum Gasteiger partial charge on any atom is 0.335 e. The number of hydrogen-bond acceptors (Lipinski definition) is 5. The zero-order valence-electron chi connectivity index (χ0n) is 15.3. The van der Waals surface area contributed by atoms with Crippen molar-refractivity contribution in [3.8, 4) is 0 Å². The van der Waals surface area contributed by atoms with Crippen LogP contribution >= 0.6 is 11.6 Å². The van der Waals surface area contributed by atoms with Gasteiger partial charge >= 0.3 is 5.97 Å². The third kappa shape index (κ3) is 6.61. The number of ether oxygens (including phenoxy) is 2. The Bertz CT molecular complexity index is 678. The zero-order valence-corrected chi connectivity index (χ0v) is 16.1. The van der Waals surface area contributed by atoms with Crippen molar-refractivity contribution in [2.45, 2.75) is 19.6 Å². The smallest absolute Gasteiger partial charge is 0.335 e. The Morgan fingerprint density at radius 1 is 1.33 bits per heavy atom. The lowest BCUT2D eigenvalue weighted by Gasteiger charge is -2.34. The number of benzene rings is 1. The van der Waals surface area contributed by atoms with Crippen LogP contribution < -0.4 is 0 Å². The topological polar surface area (TPSA) is 59.1 Å². The lowest BCUT2D eigenvalue weighted by molar-refractivity contribution is -0.161. The van der Waals surface area contributed by atoms with Gasteiger partial charge < -0.3 is 14.4 Å². The summed E-state index contributed by atoms with van der Waals surface area (Å²) < 4.78 is 23.3. The van der Waals surface area contributed by atoms with Gasteiger partial charge in [-0.2, -0.15) is 0 Å². The minimum Gasteiger partial charge on any atom is -0.454 e. The molecule has 6 nitrogen and oxygen atoms in total. The molecule has 1 amide bonds. The SMILES string of the molecule is C=CCOC(C)C(=O)OCC(=O)N1CCN(Cc2ccc(F)cc2Cl)CC1. The van der Waals surface area contributed by atoms with Gasteiger partial charge in [-0.05, 0) is 24.6 Å². The lowest BCUT2D eigenvalue weighted by Crippen LogP contribution is -2.49. The van der Waals surface area contributed by atoms with Gasteiger partial charge in [0.15, 0.2) is 12.7 Å². The molecule has 8 heteroatoms. The Labute approximate surface area is 163 Å². The van der Waals surface area contributed by atoms with Crippen molar-refractivity contribution >= 4 is 23.5 Å². The van der Waals surface area contributed by atoms with E-state index in [-0.39, 0.29) is 24.9 Å². The monoisotopic (exact) mass is 398 g/mol. The summed E-state index contributed by atoms with van der Waals surface area (Å²) in [5.74, 6) is -1.17. The van der Waals surface area contributed by atoms with Crippen molar-refractivity contribution in [1.82, 2.24) is 9.80 Å². The first-order valence-corrected chi connectivity index (χ1v) is 9.11. The van der Waals surface area contributed by atoms with Crippen LogP contribution in [0.25, 0.3) is 0 Å². The highest BCUT2D eigenvalue weighted by molar-refractivity contribution is 6.31. The molecule has 0 N–H and O–H groups in total. The number of carbonyl (C=O) groups excluding carboxylic acids is 2. The molecular formula is C19H24ClFN2O4. The summed E-state index contributed by atoms with van der Waals surface area (Å²) in [6.07, 6.45) is 0.793. The van der Waals surface area contributed by atoms with E-state index in [0.717, 1.165) is 5.56 Å². The summed E-state index contributed by atoms with van der Waals surface area (Å²) in [5, 5.41) is 0.396. The molecule has 0 spiro atoms. The van der Waals surface area contributed by atoms with E-state index in [9.17, 15) is 14.0 Å². The van der Waals surface area contributed by atoms with Crippen LogP contribution in [0.1, 0.15) is 12.5 Å². The molecule has 0 bridgehead atoms. The second kappa shape index (κ2) is 10.4. The minimum atomic E-state index is -0.742. The third-order valence-electron chi connectivity index (χ3n) is 4.27. The highest BCUT2D eigenvalue weighted by atomic mass is 35.5. The fourth-order valence-corrected chi connectivity index (χ4v) is 2.90. The molecule has 2 rings (SSSR count). The second-order valence-electron chi connectivity index (χ2n) is 6.26. The number of nitrogens with zero attached hydrogens (tertiary/aromatic N) is 2. The predicted molar refractivity (Wildman–Crippen MR) is 99.8 cm³/mol. The third-order valence-corrected chi connectivity index (χ3v) is 4.62. The van der Waals surface area contributed by atoms with Gasteiger partial charge in [0, 0.05) is 37.7 Å². The highest BCUT2D eigenvalue weighted by Crippen LogP contribution is 2.19. The van der Waals surface area contributed by atoms with Crippen LogP contribution in [0.5, 0.6) is 0 Å². The fourth-order valence-electron chi connectivity index (χ4n) is 2.67. The molecule has 27 heavy (non-hydrogen) atoms. The minimum absolute atomic E-state index is 0.237. The standard InChI is InChI=1S/C19H24ClFN2O4/c1-3-10-26-14(2)19(25)27-13-18(24)23-8-6-22(7-9-23)12-15-4-5-16(21)11-17(15)20/h3-5,11,14H,1,6-10,12-13H2,2H3. The normalized spacial score (nSPS) is 16.0. The van der Waals surface area contributed by atoms with Crippen LogP contribution in [-0.2, 0) is 25.6 Å². The van der Waals surface area contributed by atoms with Crippen molar-refractivity contribution in [2.24, 2.45) is 0 Å². The summed E-state index contributed by atoms with van der Waals surface area (Å²) >= 11 is 6.06. The van der Waals surface area contributed by atoms with Gasteiger partial charge in [-0.1, -0.05) is 23.7 Å². The number of rotatable bonds is 8. The summed E-state index contributed by atoms with van der Waals surface area (Å²) in [6, 6.07) is 4.35. The van der Waals surface area contributed by atoms with E-state index in [1.54, 1.807) is 17.9 Å². The van der Waals surface area contributed by atoms with Crippen molar-refractivity contribution < 1.29 is 23.5 Å². The molecule has 0 saturated carbocycles. The molecule has 1 aromatic rings. The summed E-state index contributed by atoms with van der Waals surface area (Å²) in [5.41, 5.74) is 0.847. The molecule has 1 saturated heterocycles. The van der Waals surface area contributed by atoms with E-state index < -0.39 is 12.1 Å². The van der Waals surface area contributed by atoms with Gasteiger partial charge in [-0.15, -0.1) is 6.58 Å². The van der Waals surface area contributed by atoms with Crippen molar-refractivity contribution in [2.75, 3.05) is 39.4 Å². The molecule has 148 valence electrons. The molecule has 1 fully saturated rings. The lowest BCUT2D eigenvalue weighted by atomic mass is 10.2. The molecule has 1 unspecified atom stereocenters. The molecule has 0 aliphatic carbocycles. The first-order chi connectivity index (χ1) is 12.9. The first kappa shape index (κ1) is 21.3. The van der Waals surface area contributed by atoms with Gasteiger partial charge in [-0.25, -0.2) is 9.18 Å². The maximum absolute atomic E-state index is 13.1. The average Bonchev–Trinajstić information content (AvgIpc) is 2.66. The van der Waals surface area contributed by atoms with Crippen molar-refractivity contribution in [3.63, 3.8) is 0 Å². The second-order valence-corrected chi connectivity index (χ2v) is 6.67. The number of amides is 1. The molecule has 1 atom stereocenters. The van der Waals surface area contributed by atoms with Crippen molar-refractivity contribution in [3.05, 3.63) is 47.3 Å². The molecular weight excluding hydrogens is 375 g/mol. The molecule has 1 aliphatic rings. The Morgan fingerprint density at radius 2 is 2.04 bits per heavy atom. The van der Waals surface area contributed by atoms with Crippen LogP contribution in [0.15, 0.2) is 30.9 Å². The van der Waals surface area contributed by atoms with Crippen LogP contribution in [0.3, 0.4) is 0 Å². The number of carbonyl (C=O) groups is 2. The van der Waals surface area contributed by atoms with E-state index in [4.69, 9.17) is 21.1 Å². The predicted octanol–water partition coefficient (Wildman–Crippen LogP) is 2.26. The first-order valence-electron chi connectivity index (χ1n) is 8.74. The Morgan fingerprint density at radius 3 is 2.67 bits per heavy atom. The van der Waals surface area contributed by atoms with Crippen LogP contribution in [0.4, 0.5) is 4.39 Å². The molecule has 0 aromatic heterocycles. The molecule has 1 aromatic carbocycles. The summed E-state index contributed by atoms with van der Waals surface area (Å²) in [4.78, 5) is 27.8. The number of hydrogen-bond donors (Lipinski definition) is 0. The Kier molecular flexibility index (Phi) is 8.22. The molecule has 1 heterocycles. The number of piperazine rings is 1. The van der Waals surface area contributed by atoms with Gasteiger partial charge in [0.25, 0.3) is 5.91 Å². The highest BCUT2D eigenvalue weighted by Gasteiger charge is 2.23. The van der Waals surface area contributed by atoms with Gasteiger partial charge in [0.05, 0.1) is 6.61 Å². The summed E-state index contributed by atoms with van der Waals surface area (Å²) in [6.45, 7) is 7.97. The van der Waals surface area contributed by atoms with Gasteiger partial charge in [-0.3, -0.25) is 9.69 Å². The van der Waals surface area contributed by atoms with E-state index in [1.165, 1.54) is 18.2 Å². The van der Waals surface area contributed by atoms with E-state index in [2.05, 4.69) is 11.5 Å². The van der Waals surface area contributed by atoms with Gasteiger partial charge in [0.1, 0.15) is 5.82 Å². The van der Waals surface area contributed by atoms with E-state index in [1.807, 2.05) is 0 Å². The molecule has 1 aliphatic heterocycles. The maximum atomic E-state index is 13.1. The quantitative estimate of drug-likeness (QED) is 0.496. The average molecular weight is 399 g/mol. The Hall–Kier alpha value is -1.96. The van der Waals surface area contributed by atoms with E-state index in [0.29, 0.717) is 37.7 Å². The number of esters is 1. The van der Waals surface area contributed by atoms with Gasteiger partial charge in [0.2, 0.25) is 0 Å². The zero-order chi connectivity index (χ0) is 19.8. The largest absolute Gasteiger partial charge is 0.454 e. The fraction of sp³-hybridized carbons (Fsp3) is 0.474. The number of halogens is 2. The van der Waals surface area contributed by atoms with E-state index >= 15 is 0 Å². The Balaban J connectivity index is 1.73. The summed E-state index contributed by atoms with van der Waals surface area (Å²) in [7, 11) is 0.